The van der Waals surface area contributed by atoms with Crippen LogP contribution >= 0.6 is 0 Å². The quantitative estimate of drug-likeness (QED) is 0.821. The number of ether oxygens (including phenoxy) is 1. The third-order valence-electron chi connectivity index (χ3n) is 5.02. The Morgan fingerprint density at radius 1 is 1.07 bits per heavy atom. The van der Waals surface area contributed by atoms with Crippen molar-refractivity contribution < 1.29 is 22.7 Å². The van der Waals surface area contributed by atoms with Gasteiger partial charge in [-0.2, -0.15) is 13.2 Å². The number of benzene rings is 2. The lowest BCUT2D eigenvalue weighted by Gasteiger charge is -2.33. The van der Waals surface area contributed by atoms with E-state index in [1.165, 1.54) is 19.2 Å². The van der Waals surface area contributed by atoms with Crippen molar-refractivity contribution in [3.05, 3.63) is 59.2 Å². The largest absolute Gasteiger partial charge is 0.497 e. The lowest BCUT2D eigenvalue weighted by molar-refractivity contribution is -0.138. The van der Waals surface area contributed by atoms with Crippen molar-refractivity contribution in [3.8, 4) is 5.75 Å². The maximum absolute atomic E-state index is 13.6. The van der Waals surface area contributed by atoms with E-state index >= 15 is 0 Å². The molecular formula is C21H24F3N3O2. The second kappa shape index (κ2) is 8.84. The number of anilines is 1. The molecule has 0 radical (unpaired) electrons. The van der Waals surface area contributed by atoms with Crippen molar-refractivity contribution in [2.75, 3.05) is 45.7 Å². The molecule has 156 valence electrons. The van der Waals surface area contributed by atoms with Gasteiger partial charge < -0.3 is 15.0 Å². The lowest BCUT2D eigenvalue weighted by atomic mass is 10.0. The molecular weight excluding hydrogens is 383 g/mol. The highest BCUT2D eigenvalue weighted by molar-refractivity contribution is 6.04. The van der Waals surface area contributed by atoms with Gasteiger partial charge in [0.2, 0.25) is 0 Å². The van der Waals surface area contributed by atoms with Crippen LogP contribution in [0.1, 0.15) is 21.5 Å². The smallest absolute Gasteiger partial charge is 0.416 e. The number of piperazine rings is 1. The third-order valence-corrected chi connectivity index (χ3v) is 5.02. The molecule has 3 rings (SSSR count). The topological polar surface area (TPSA) is 44.8 Å². The zero-order valence-corrected chi connectivity index (χ0v) is 16.4. The summed E-state index contributed by atoms with van der Waals surface area (Å²) in [4.78, 5) is 16.5. The van der Waals surface area contributed by atoms with Crippen LogP contribution in [0.2, 0.25) is 0 Å². The molecule has 1 saturated heterocycles. The lowest BCUT2D eigenvalue weighted by Crippen LogP contribution is -2.44. The van der Waals surface area contributed by atoms with Gasteiger partial charge in [-0.3, -0.25) is 9.69 Å². The van der Waals surface area contributed by atoms with Crippen molar-refractivity contribution in [2.24, 2.45) is 0 Å². The fourth-order valence-corrected chi connectivity index (χ4v) is 3.25. The summed E-state index contributed by atoms with van der Waals surface area (Å²) in [7, 11) is 3.51. The molecule has 1 amide bonds. The first-order valence-electron chi connectivity index (χ1n) is 9.32. The predicted octanol–water partition coefficient (Wildman–Crippen LogP) is 3.71. The number of hydrogen-bond acceptors (Lipinski definition) is 4. The number of halogens is 3. The van der Waals surface area contributed by atoms with E-state index < -0.39 is 17.6 Å². The Labute approximate surface area is 168 Å². The second-order valence-corrected chi connectivity index (χ2v) is 7.13. The summed E-state index contributed by atoms with van der Waals surface area (Å²) in [6.07, 6.45) is -4.50. The van der Waals surface area contributed by atoms with E-state index in [1.54, 1.807) is 24.3 Å². The Hall–Kier alpha value is -2.58. The predicted molar refractivity (Wildman–Crippen MR) is 105 cm³/mol. The summed E-state index contributed by atoms with van der Waals surface area (Å²) >= 11 is 0. The van der Waals surface area contributed by atoms with Gasteiger partial charge in [-0.05, 0) is 49.0 Å². The summed E-state index contributed by atoms with van der Waals surface area (Å²) in [6, 6.07) is 10.3. The second-order valence-electron chi connectivity index (χ2n) is 7.13. The van der Waals surface area contributed by atoms with E-state index in [-0.39, 0.29) is 17.8 Å². The molecule has 0 bridgehead atoms. The van der Waals surface area contributed by atoms with E-state index in [0.717, 1.165) is 32.2 Å². The number of hydrogen-bond donors (Lipinski definition) is 1. The Kier molecular flexibility index (Phi) is 6.44. The zero-order chi connectivity index (χ0) is 21.0. The number of rotatable bonds is 5. The number of methoxy groups -OCH3 is 1. The summed E-state index contributed by atoms with van der Waals surface area (Å²) in [6.45, 7) is 3.34. The van der Waals surface area contributed by atoms with Crippen LogP contribution in [0.15, 0.2) is 42.5 Å². The van der Waals surface area contributed by atoms with Gasteiger partial charge >= 0.3 is 6.18 Å². The molecule has 0 atom stereocenters. The van der Waals surface area contributed by atoms with Crippen molar-refractivity contribution in [1.82, 2.24) is 9.80 Å². The number of alkyl halides is 3. The minimum absolute atomic E-state index is 0.111. The Morgan fingerprint density at radius 2 is 1.72 bits per heavy atom. The number of likely N-dealkylation sites (N-methyl/N-ethyl adjacent to an activating group) is 1. The zero-order valence-electron chi connectivity index (χ0n) is 16.4. The minimum atomic E-state index is -4.50. The van der Waals surface area contributed by atoms with Crippen molar-refractivity contribution in [3.63, 3.8) is 0 Å². The van der Waals surface area contributed by atoms with Crippen LogP contribution in [0.3, 0.4) is 0 Å². The molecule has 0 saturated carbocycles. The van der Waals surface area contributed by atoms with Gasteiger partial charge in [0.05, 0.1) is 12.7 Å². The molecule has 5 nitrogen and oxygen atoms in total. The van der Waals surface area contributed by atoms with Crippen molar-refractivity contribution >= 4 is 11.6 Å². The number of nitrogens with one attached hydrogen (secondary N) is 1. The van der Waals surface area contributed by atoms with E-state index in [2.05, 4.69) is 10.2 Å². The molecule has 1 aliphatic rings. The molecule has 0 aliphatic carbocycles. The molecule has 8 heteroatoms. The van der Waals surface area contributed by atoms with Crippen LogP contribution in [0, 0.1) is 0 Å². The summed E-state index contributed by atoms with van der Waals surface area (Å²) in [5.74, 6) is 0.113. The highest BCUT2D eigenvalue weighted by Crippen LogP contribution is 2.34. The summed E-state index contributed by atoms with van der Waals surface area (Å²) in [5, 5.41) is 2.54. The average Bonchev–Trinajstić information content (AvgIpc) is 2.70. The first-order valence-corrected chi connectivity index (χ1v) is 9.32. The van der Waals surface area contributed by atoms with Crippen LogP contribution in [0.25, 0.3) is 0 Å². The van der Waals surface area contributed by atoms with Crippen LogP contribution < -0.4 is 10.1 Å². The summed E-state index contributed by atoms with van der Waals surface area (Å²) < 4.78 is 45.9. The maximum Gasteiger partial charge on any atom is 0.416 e. The van der Waals surface area contributed by atoms with Crippen LogP contribution in [-0.2, 0) is 12.7 Å². The van der Waals surface area contributed by atoms with Gasteiger partial charge in [-0.25, -0.2) is 0 Å². The number of carbonyl (C=O) groups excluding carboxylic acids is 1. The van der Waals surface area contributed by atoms with E-state index in [0.29, 0.717) is 11.3 Å². The van der Waals surface area contributed by atoms with E-state index in [4.69, 9.17) is 4.74 Å². The fraction of sp³-hybridized carbons (Fsp3) is 0.381. The molecule has 29 heavy (non-hydrogen) atoms. The molecule has 2 aromatic rings. The number of nitrogens with zero attached hydrogens (tertiary/aromatic N) is 2. The fourth-order valence-electron chi connectivity index (χ4n) is 3.25. The van der Waals surface area contributed by atoms with Gasteiger partial charge in [-0.15, -0.1) is 0 Å². The standard InChI is InChI=1S/C21H24F3N3O2/c1-26-9-11-27(12-10-26)14-16-3-6-17(13-19(16)21(22,23)24)25-20(28)15-4-7-18(29-2)8-5-15/h3-8,13H,9-12,14H2,1-2H3,(H,25,28). The first kappa shape index (κ1) is 21.1. The molecule has 2 aromatic carbocycles. The van der Waals surface area contributed by atoms with Gasteiger partial charge in [0.1, 0.15) is 5.75 Å². The molecule has 0 unspecified atom stereocenters. The Bertz CT molecular complexity index is 845. The molecule has 0 spiro atoms. The van der Waals surface area contributed by atoms with Crippen molar-refractivity contribution in [2.45, 2.75) is 12.7 Å². The van der Waals surface area contributed by atoms with E-state index in [9.17, 15) is 18.0 Å². The molecule has 1 N–H and O–H groups in total. The van der Waals surface area contributed by atoms with Crippen molar-refractivity contribution in [1.29, 1.82) is 0 Å². The average molecular weight is 407 g/mol. The minimum Gasteiger partial charge on any atom is -0.497 e. The Morgan fingerprint density at radius 3 is 2.31 bits per heavy atom. The van der Waals surface area contributed by atoms with Crippen LogP contribution in [0.5, 0.6) is 5.75 Å². The monoisotopic (exact) mass is 407 g/mol. The molecule has 0 aromatic heterocycles. The molecule has 1 aliphatic heterocycles. The number of amides is 1. The SMILES string of the molecule is COc1ccc(C(=O)Nc2ccc(CN3CCN(C)CC3)c(C(F)(F)F)c2)cc1. The van der Waals surface area contributed by atoms with Gasteiger partial charge in [-0.1, -0.05) is 6.07 Å². The maximum atomic E-state index is 13.6. The van der Waals surface area contributed by atoms with E-state index in [1.807, 2.05) is 11.9 Å². The van der Waals surface area contributed by atoms with Gasteiger partial charge in [0.25, 0.3) is 5.91 Å². The number of carbonyl (C=O) groups is 1. The highest BCUT2D eigenvalue weighted by atomic mass is 19.4. The Balaban J connectivity index is 1.76. The third kappa shape index (κ3) is 5.48. The van der Waals surface area contributed by atoms with Crippen LogP contribution in [-0.4, -0.2) is 56.0 Å². The highest BCUT2D eigenvalue weighted by Gasteiger charge is 2.34. The van der Waals surface area contributed by atoms with Gasteiger partial charge in [0, 0.05) is 44.0 Å². The first-order chi connectivity index (χ1) is 13.8. The summed E-state index contributed by atoms with van der Waals surface area (Å²) in [5.41, 5.74) is -0.0606. The van der Waals surface area contributed by atoms with Gasteiger partial charge in [0.15, 0.2) is 0 Å². The van der Waals surface area contributed by atoms with Crippen LogP contribution in [0.4, 0.5) is 18.9 Å². The molecule has 1 fully saturated rings. The normalized spacial score (nSPS) is 15.9. The molecule has 1 heterocycles.